The second kappa shape index (κ2) is 5.56. The Balaban J connectivity index is 2.13. The van der Waals surface area contributed by atoms with Crippen LogP contribution in [0.15, 0.2) is 24.3 Å². The number of β-amino-alcohol motifs (C(OH)–C–C–N with tert-alkyl or cyclic N) is 2. The van der Waals surface area contributed by atoms with E-state index in [0.717, 1.165) is 9.87 Å². The van der Waals surface area contributed by atoms with Crippen LogP contribution in [0.5, 0.6) is 0 Å². The van der Waals surface area contributed by atoms with E-state index in [2.05, 4.69) is 0 Å². The SMILES string of the molecule is NCc1cccc(CS(=O)(=O)N2CC(O)C(O)C2)c1. The van der Waals surface area contributed by atoms with Gasteiger partial charge in [0, 0.05) is 19.6 Å². The molecule has 0 radical (unpaired) electrons. The standard InChI is InChI=1S/C12H18N2O4S/c13-5-9-2-1-3-10(4-9)8-19(17,18)14-6-11(15)12(16)7-14/h1-4,11-12,15-16H,5-8,13H2. The molecule has 19 heavy (non-hydrogen) atoms. The number of aliphatic hydroxyl groups is 2. The highest BCUT2D eigenvalue weighted by Crippen LogP contribution is 2.18. The Morgan fingerprint density at radius 1 is 1.21 bits per heavy atom. The van der Waals surface area contributed by atoms with Gasteiger partial charge < -0.3 is 15.9 Å². The van der Waals surface area contributed by atoms with Gasteiger partial charge >= 0.3 is 0 Å². The molecule has 1 fully saturated rings. The van der Waals surface area contributed by atoms with Crippen LogP contribution in [0.2, 0.25) is 0 Å². The fourth-order valence-electron chi connectivity index (χ4n) is 2.11. The highest BCUT2D eigenvalue weighted by molar-refractivity contribution is 7.88. The van der Waals surface area contributed by atoms with Gasteiger partial charge in [0.05, 0.1) is 18.0 Å². The van der Waals surface area contributed by atoms with Crippen molar-refractivity contribution in [2.75, 3.05) is 13.1 Å². The van der Waals surface area contributed by atoms with Crippen molar-refractivity contribution in [3.05, 3.63) is 35.4 Å². The Labute approximate surface area is 112 Å². The molecular formula is C12H18N2O4S. The van der Waals surface area contributed by atoms with Crippen molar-refractivity contribution in [1.29, 1.82) is 0 Å². The molecule has 0 bridgehead atoms. The van der Waals surface area contributed by atoms with Crippen LogP contribution in [0.4, 0.5) is 0 Å². The molecule has 2 unspecified atom stereocenters. The number of rotatable bonds is 4. The van der Waals surface area contributed by atoms with Gasteiger partial charge in [-0.1, -0.05) is 24.3 Å². The molecule has 1 aromatic carbocycles. The van der Waals surface area contributed by atoms with Gasteiger partial charge in [-0.3, -0.25) is 0 Å². The summed E-state index contributed by atoms with van der Waals surface area (Å²) in [5, 5.41) is 18.8. The topological polar surface area (TPSA) is 104 Å². The lowest BCUT2D eigenvalue weighted by atomic mass is 10.1. The van der Waals surface area contributed by atoms with E-state index in [4.69, 9.17) is 5.73 Å². The summed E-state index contributed by atoms with van der Waals surface area (Å²) in [5.41, 5.74) is 7.04. The predicted octanol–water partition coefficient (Wildman–Crippen LogP) is -0.988. The molecule has 6 nitrogen and oxygen atoms in total. The molecule has 1 saturated heterocycles. The minimum absolute atomic E-state index is 0.0555. The Morgan fingerprint density at radius 3 is 2.37 bits per heavy atom. The summed E-state index contributed by atoms with van der Waals surface area (Å²) in [6.45, 7) is 0.245. The van der Waals surface area contributed by atoms with E-state index in [-0.39, 0.29) is 18.8 Å². The Bertz CT molecular complexity index is 536. The summed E-state index contributed by atoms with van der Waals surface area (Å²) in [6, 6.07) is 7.07. The lowest BCUT2D eigenvalue weighted by Gasteiger charge is -2.15. The quantitative estimate of drug-likeness (QED) is 0.659. The van der Waals surface area contributed by atoms with Crippen molar-refractivity contribution in [1.82, 2.24) is 4.31 Å². The molecule has 2 rings (SSSR count). The fraction of sp³-hybridized carbons (Fsp3) is 0.500. The third kappa shape index (κ3) is 3.31. The van der Waals surface area contributed by atoms with Crippen LogP contribution in [0.3, 0.4) is 0 Å². The zero-order valence-corrected chi connectivity index (χ0v) is 11.3. The molecule has 0 aromatic heterocycles. The van der Waals surface area contributed by atoms with Crippen LogP contribution in [-0.2, 0) is 22.3 Å². The molecule has 4 N–H and O–H groups in total. The van der Waals surface area contributed by atoms with E-state index in [1.54, 1.807) is 18.2 Å². The molecule has 1 aromatic rings. The highest BCUT2D eigenvalue weighted by Gasteiger charge is 2.36. The maximum Gasteiger partial charge on any atom is 0.218 e. The van der Waals surface area contributed by atoms with Crippen LogP contribution in [0.1, 0.15) is 11.1 Å². The number of nitrogens with two attached hydrogens (primary N) is 1. The van der Waals surface area contributed by atoms with Gasteiger partial charge in [-0.05, 0) is 11.1 Å². The zero-order chi connectivity index (χ0) is 14.0. The smallest absolute Gasteiger partial charge is 0.218 e. The number of hydrogen-bond acceptors (Lipinski definition) is 5. The van der Waals surface area contributed by atoms with Crippen molar-refractivity contribution in [2.24, 2.45) is 5.73 Å². The van der Waals surface area contributed by atoms with E-state index in [1.807, 2.05) is 6.07 Å². The number of benzene rings is 1. The molecule has 1 aliphatic rings. The number of hydrogen-bond donors (Lipinski definition) is 3. The average molecular weight is 286 g/mol. The van der Waals surface area contributed by atoms with Gasteiger partial charge in [0.25, 0.3) is 0 Å². The Morgan fingerprint density at radius 2 is 1.79 bits per heavy atom. The summed E-state index contributed by atoms with van der Waals surface area (Å²) < 4.78 is 25.5. The molecule has 0 saturated carbocycles. The maximum atomic E-state index is 12.2. The molecule has 0 spiro atoms. The summed E-state index contributed by atoms with van der Waals surface area (Å²) in [7, 11) is -3.53. The normalized spacial score (nSPS) is 24.8. The highest BCUT2D eigenvalue weighted by atomic mass is 32.2. The van der Waals surface area contributed by atoms with E-state index >= 15 is 0 Å². The molecule has 1 heterocycles. The minimum atomic E-state index is -3.53. The van der Waals surface area contributed by atoms with Crippen molar-refractivity contribution < 1.29 is 18.6 Å². The summed E-state index contributed by atoms with van der Waals surface area (Å²) in [5.74, 6) is -0.153. The lowest BCUT2D eigenvalue weighted by Crippen LogP contribution is -2.31. The summed E-state index contributed by atoms with van der Waals surface area (Å²) >= 11 is 0. The van der Waals surface area contributed by atoms with Crippen LogP contribution in [0.25, 0.3) is 0 Å². The maximum absolute atomic E-state index is 12.2. The number of sulfonamides is 1. The number of aliphatic hydroxyl groups excluding tert-OH is 2. The van der Waals surface area contributed by atoms with Gasteiger partial charge in [-0.15, -0.1) is 0 Å². The van der Waals surface area contributed by atoms with Crippen molar-refractivity contribution >= 4 is 10.0 Å². The molecule has 106 valence electrons. The van der Waals surface area contributed by atoms with E-state index in [1.165, 1.54) is 0 Å². The molecular weight excluding hydrogens is 268 g/mol. The minimum Gasteiger partial charge on any atom is -0.389 e. The molecule has 7 heteroatoms. The van der Waals surface area contributed by atoms with Crippen molar-refractivity contribution in [3.8, 4) is 0 Å². The summed E-state index contributed by atoms with van der Waals surface area (Å²) in [4.78, 5) is 0. The van der Waals surface area contributed by atoms with Crippen molar-refractivity contribution in [2.45, 2.75) is 24.5 Å². The van der Waals surface area contributed by atoms with Crippen LogP contribution in [-0.4, -0.2) is 48.2 Å². The molecule has 0 aliphatic carbocycles. The van der Waals surface area contributed by atoms with E-state index in [9.17, 15) is 18.6 Å². The van der Waals surface area contributed by atoms with Gasteiger partial charge in [-0.25, -0.2) is 8.42 Å². The van der Waals surface area contributed by atoms with Crippen LogP contribution < -0.4 is 5.73 Å². The summed E-state index contributed by atoms with van der Waals surface area (Å²) in [6.07, 6.45) is -2.02. The third-order valence-corrected chi connectivity index (χ3v) is 4.98. The average Bonchev–Trinajstić information content (AvgIpc) is 2.70. The predicted molar refractivity (Wildman–Crippen MR) is 70.5 cm³/mol. The first-order valence-corrected chi connectivity index (χ1v) is 7.65. The first-order chi connectivity index (χ1) is 8.92. The molecule has 1 aliphatic heterocycles. The van der Waals surface area contributed by atoms with Gasteiger partial charge in [0.1, 0.15) is 0 Å². The Hall–Kier alpha value is -0.990. The van der Waals surface area contributed by atoms with E-state index in [0.29, 0.717) is 12.1 Å². The second-order valence-corrected chi connectivity index (χ2v) is 6.70. The van der Waals surface area contributed by atoms with Gasteiger partial charge in [-0.2, -0.15) is 4.31 Å². The third-order valence-electron chi connectivity index (χ3n) is 3.20. The van der Waals surface area contributed by atoms with Crippen molar-refractivity contribution in [3.63, 3.8) is 0 Å². The monoisotopic (exact) mass is 286 g/mol. The molecule has 2 atom stereocenters. The van der Waals surface area contributed by atoms with Gasteiger partial charge in [0.2, 0.25) is 10.0 Å². The number of nitrogens with zero attached hydrogens (tertiary/aromatic N) is 1. The molecule has 0 amide bonds. The fourth-order valence-corrected chi connectivity index (χ4v) is 3.65. The lowest BCUT2D eigenvalue weighted by molar-refractivity contribution is 0.0572. The zero-order valence-electron chi connectivity index (χ0n) is 10.4. The van der Waals surface area contributed by atoms with E-state index < -0.39 is 22.2 Å². The second-order valence-electron chi connectivity index (χ2n) is 4.73. The van der Waals surface area contributed by atoms with Crippen LogP contribution >= 0.6 is 0 Å². The largest absolute Gasteiger partial charge is 0.389 e. The first kappa shape index (κ1) is 14.4. The van der Waals surface area contributed by atoms with Crippen LogP contribution in [0, 0.1) is 0 Å². The Kier molecular flexibility index (Phi) is 4.22. The van der Waals surface area contributed by atoms with Gasteiger partial charge in [0.15, 0.2) is 0 Å². The first-order valence-electron chi connectivity index (χ1n) is 6.04.